The van der Waals surface area contributed by atoms with Gasteiger partial charge in [-0.15, -0.1) is 0 Å². The van der Waals surface area contributed by atoms with E-state index < -0.39 is 0 Å². The van der Waals surface area contributed by atoms with E-state index in [1.54, 1.807) is 31.2 Å². The Balaban J connectivity index is 2.69. The molecule has 1 aliphatic carbocycles. The molecule has 0 amide bonds. The molecule has 0 unspecified atom stereocenters. The van der Waals surface area contributed by atoms with Crippen molar-refractivity contribution in [3.63, 3.8) is 0 Å². The highest BCUT2D eigenvalue weighted by Crippen LogP contribution is 2.19. The number of ketones is 2. The predicted octanol–water partition coefficient (Wildman–Crippen LogP) is 1.82. The molecular weight excluding hydrogens is 164 g/mol. The zero-order valence-corrected chi connectivity index (χ0v) is 7.13. The van der Waals surface area contributed by atoms with Gasteiger partial charge in [0.25, 0.3) is 0 Å². The Morgan fingerprint density at radius 2 is 1.69 bits per heavy atom. The van der Waals surface area contributed by atoms with E-state index in [-0.39, 0.29) is 11.6 Å². The Morgan fingerprint density at radius 3 is 2.38 bits per heavy atom. The maximum atomic E-state index is 11.5. The van der Waals surface area contributed by atoms with E-state index in [0.29, 0.717) is 16.7 Å². The largest absolute Gasteiger partial charge is 0.289 e. The minimum absolute atomic E-state index is 0.102. The second-order valence-electron chi connectivity index (χ2n) is 2.95. The van der Waals surface area contributed by atoms with Crippen LogP contribution in [0.15, 0.2) is 29.8 Å². The van der Waals surface area contributed by atoms with Crippen molar-refractivity contribution < 1.29 is 9.59 Å². The molecule has 1 aromatic rings. The molecule has 0 aromatic heterocycles. The molecule has 0 saturated carbocycles. The summed E-state index contributed by atoms with van der Waals surface area (Å²) in [5.74, 6) is -0.303. The van der Waals surface area contributed by atoms with Gasteiger partial charge in [0.1, 0.15) is 0 Å². The van der Waals surface area contributed by atoms with Crippen LogP contribution in [0.4, 0.5) is 0 Å². The highest BCUT2D eigenvalue weighted by Gasteiger charge is 2.22. The summed E-state index contributed by atoms with van der Waals surface area (Å²) in [6.45, 7) is 1.61. The molecule has 2 heteroatoms. The van der Waals surface area contributed by atoms with Gasteiger partial charge < -0.3 is 0 Å². The summed E-state index contributed by atoms with van der Waals surface area (Å²) in [5, 5.41) is 0. The van der Waals surface area contributed by atoms with Crippen molar-refractivity contribution in [2.24, 2.45) is 0 Å². The Bertz CT molecular complexity index is 427. The molecule has 0 saturated heterocycles. The van der Waals surface area contributed by atoms with Crippen LogP contribution < -0.4 is 0 Å². The molecule has 0 bridgehead atoms. The summed E-state index contributed by atoms with van der Waals surface area (Å²) in [4.78, 5) is 22.9. The maximum Gasteiger partial charge on any atom is 0.194 e. The minimum atomic E-state index is -0.201. The van der Waals surface area contributed by atoms with Crippen molar-refractivity contribution in [2.45, 2.75) is 6.92 Å². The Labute approximate surface area is 75.9 Å². The molecule has 0 atom stereocenters. The average Bonchev–Trinajstić information content (AvgIpc) is 2.15. The normalized spacial score (nSPS) is 15.3. The van der Waals surface area contributed by atoms with Crippen molar-refractivity contribution in [1.29, 1.82) is 0 Å². The fraction of sp³-hybridized carbons (Fsp3) is 0.0909. The van der Waals surface area contributed by atoms with E-state index >= 15 is 0 Å². The van der Waals surface area contributed by atoms with E-state index in [4.69, 9.17) is 0 Å². The van der Waals surface area contributed by atoms with Crippen LogP contribution in [-0.2, 0) is 0 Å². The summed E-state index contributed by atoms with van der Waals surface area (Å²) >= 11 is 0. The third kappa shape index (κ3) is 1.11. The number of carbonyl (C=O) groups excluding carboxylic acids is 2. The first-order valence-corrected chi connectivity index (χ1v) is 3.99. The lowest BCUT2D eigenvalue weighted by Crippen LogP contribution is -2.15. The van der Waals surface area contributed by atoms with Crippen molar-refractivity contribution in [2.75, 3.05) is 0 Å². The van der Waals surface area contributed by atoms with Crippen molar-refractivity contribution in [3.05, 3.63) is 47.0 Å². The Hall–Kier alpha value is -1.70. The van der Waals surface area contributed by atoms with Crippen LogP contribution in [0.25, 0.3) is 0 Å². The topological polar surface area (TPSA) is 34.1 Å². The van der Waals surface area contributed by atoms with Gasteiger partial charge in [-0.2, -0.15) is 0 Å². The van der Waals surface area contributed by atoms with Crippen LogP contribution in [0.2, 0.25) is 0 Å². The van der Waals surface area contributed by atoms with Gasteiger partial charge in [-0.25, -0.2) is 0 Å². The quantitative estimate of drug-likeness (QED) is 0.596. The third-order valence-electron chi connectivity index (χ3n) is 2.06. The molecule has 1 aliphatic rings. The molecule has 2 rings (SSSR count). The molecule has 0 aliphatic heterocycles. The molecular formula is C11H7O2. The summed E-state index contributed by atoms with van der Waals surface area (Å²) in [6.07, 6.45) is 2.51. The molecule has 0 N–H and O–H groups in total. The number of benzene rings is 1. The fourth-order valence-corrected chi connectivity index (χ4v) is 1.38. The fourth-order valence-electron chi connectivity index (χ4n) is 1.38. The second-order valence-corrected chi connectivity index (χ2v) is 2.95. The van der Waals surface area contributed by atoms with E-state index in [9.17, 15) is 9.59 Å². The predicted molar refractivity (Wildman–Crippen MR) is 47.5 cm³/mol. The summed E-state index contributed by atoms with van der Waals surface area (Å²) in [5.41, 5.74) is 1.34. The van der Waals surface area contributed by atoms with Gasteiger partial charge in [0.05, 0.1) is 0 Å². The molecule has 1 radical (unpaired) electrons. The zero-order valence-electron chi connectivity index (χ0n) is 7.13. The lowest BCUT2D eigenvalue weighted by atomic mass is 9.90. The number of rotatable bonds is 0. The number of carbonyl (C=O) groups is 2. The van der Waals surface area contributed by atoms with Crippen LogP contribution in [-0.4, -0.2) is 11.6 Å². The number of fused-ring (bicyclic) bond motifs is 1. The zero-order chi connectivity index (χ0) is 9.42. The van der Waals surface area contributed by atoms with Crippen LogP contribution >= 0.6 is 0 Å². The number of hydrogen-bond donors (Lipinski definition) is 0. The number of Topliss-reactive ketones (excluding diaryl/α,β-unsaturated/α-hetero) is 2. The van der Waals surface area contributed by atoms with E-state index in [0.717, 1.165) is 0 Å². The van der Waals surface area contributed by atoms with Gasteiger partial charge in [0, 0.05) is 22.8 Å². The number of hydrogen-bond acceptors (Lipinski definition) is 2. The van der Waals surface area contributed by atoms with Crippen LogP contribution in [0, 0.1) is 6.08 Å². The van der Waals surface area contributed by atoms with Gasteiger partial charge in [0.2, 0.25) is 0 Å². The summed E-state index contributed by atoms with van der Waals surface area (Å²) < 4.78 is 0. The average molecular weight is 171 g/mol. The summed E-state index contributed by atoms with van der Waals surface area (Å²) in [7, 11) is 0. The van der Waals surface area contributed by atoms with E-state index in [2.05, 4.69) is 6.08 Å². The molecule has 2 nitrogen and oxygen atoms in total. The van der Waals surface area contributed by atoms with E-state index in [1.165, 1.54) is 0 Å². The van der Waals surface area contributed by atoms with Gasteiger partial charge in [-0.3, -0.25) is 9.59 Å². The standard InChI is InChI=1S/C11H7O2/c1-7-6-10(12)8-4-2-3-5-9(8)11(7)13/h2-5H,1H3. The van der Waals surface area contributed by atoms with Gasteiger partial charge >= 0.3 is 0 Å². The van der Waals surface area contributed by atoms with Crippen molar-refractivity contribution >= 4 is 11.6 Å². The van der Waals surface area contributed by atoms with Gasteiger partial charge in [-0.1, -0.05) is 24.3 Å². The molecule has 1 aromatic carbocycles. The van der Waals surface area contributed by atoms with Crippen LogP contribution in [0.5, 0.6) is 0 Å². The first-order valence-electron chi connectivity index (χ1n) is 3.99. The first kappa shape index (κ1) is 7.92. The monoisotopic (exact) mass is 171 g/mol. The van der Waals surface area contributed by atoms with Crippen molar-refractivity contribution in [3.8, 4) is 0 Å². The highest BCUT2D eigenvalue weighted by molar-refractivity contribution is 6.22. The van der Waals surface area contributed by atoms with Gasteiger partial charge in [0.15, 0.2) is 11.6 Å². The molecule has 0 heterocycles. The van der Waals surface area contributed by atoms with Crippen LogP contribution in [0.3, 0.4) is 0 Å². The molecule has 0 fully saturated rings. The maximum absolute atomic E-state index is 11.5. The SMILES string of the molecule is CC1=[C]C(=O)c2ccccc2C1=O. The molecule has 0 spiro atoms. The minimum Gasteiger partial charge on any atom is -0.289 e. The highest BCUT2D eigenvalue weighted by atomic mass is 16.1. The Morgan fingerprint density at radius 1 is 1.08 bits per heavy atom. The van der Waals surface area contributed by atoms with E-state index in [1.807, 2.05) is 0 Å². The van der Waals surface area contributed by atoms with Crippen molar-refractivity contribution in [1.82, 2.24) is 0 Å². The first-order chi connectivity index (χ1) is 6.20. The molecule has 13 heavy (non-hydrogen) atoms. The lowest BCUT2D eigenvalue weighted by Gasteiger charge is -2.10. The summed E-state index contributed by atoms with van der Waals surface area (Å²) in [6, 6.07) is 6.81. The van der Waals surface area contributed by atoms with Crippen LogP contribution in [0.1, 0.15) is 27.6 Å². The Kier molecular flexibility index (Phi) is 1.62. The lowest BCUT2D eigenvalue weighted by molar-refractivity contribution is 0.0978. The molecule has 63 valence electrons. The number of allylic oxidation sites excluding steroid dienone is 2. The van der Waals surface area contributed by atoms with Gasteiger partial charge in [-0.05, 0) is 6.92 Å². The third-order valence-corrected chi connectivity index (χ3v) is 2.06. The smallest absolute Gasteiger partial charge is 0.194 e. The second kappa shape index (κ2) is 2.66.